The lowest BCUT2D eigenvalue weighted by molar-refractivity contribution is -0.157. The molecule has 0 fully saturated rings. The van der Waals surface area contributed by atoms with Gasteiger partial charge in [0.2, 0.25) is 0 Å². The van der Waals surface area contributed by atoms with Crippen molar-refractivity contribution in [3.05, 3.63) is 22.4 Å². The zero-order chi connectivity index (χ0) is 11.5. The number of esters is 1. The van der Waals surface area contributed by atoms with E-state index in [0.717, 1.165) is 4.88 Å². The van der Waals surface area contributed by atoms with Crippen molar-refractivity contribution in [1.29, 1.82) is 0 Å². The first-order valence-electron chi connectivity index (χ1n) is 4.82. The van der Waals surface area contributed by atoms with Crippen LogP contribution in [0.2, 0.25) is 0 Å². The molecule has 0 aliphatic carbocycles. The van der Waals surface area contributed by atoms with E-state index < -0.39 is 11.7 Å². The van der Waals surface area contributed by atoms with Gasteiger partial charge in [-0.1, -0.05) is 6.07 Å². The van der Waals surface area contributed by atoms with Gasteiger partial charge in [-0.05, 0) is 32.2 Å². The summed E-state index contributed by atoms with van der Waals surface area (Å²) in [7, 11) is 0. The molecule has 1 atom stereocenters. The van der Waals surface area contributed by atoms with Gasteiger partial charge in [-0.3, -0.25) is 4.79 Å². The van der Waals surface area contributed by atoms with Crippen LogP contribution in [0.15, 0.2) is 17.5 Å². The summed E-state index contributed by atoms with van der Waals surface area (Å²) in [4.78, 5) is 12.2. The molecule has 1 heterocycles. The first-order valence-corrected chi connectivity index (χ1v) is 5.70. The molecule has 0 aliphatic heterocycles. The zero-order valence-corrected chi connectivity index (χ0v) is 10.0. The summed E-state index contributed by atoms with van der Waals surface area (Å²) in [6.45, 7) is 5.42. The number of aliphatic hydroxyl groups is 1. The molecule has 84 valence electrons. The molecule has 0 amide bonds. The Morgan fingerprint density at radius 1 is 1.60 bits per heavy atom. The van der Waals surface area contributed by atoms with E-state index in [2.05, 4.69) is 0 Å². The highest BCUT2D eigenvalue weighted by molar-refractivity contribution is 7.10. The number of rotatable bonds is 3. The number of ether oxygens (including phenoxy) is 1. The highest BCUT2D eigenvalue weighted by atomic mass is 32.1. The molecule has 1 N–H and O–H groups in total. The van der Waals surface area contributed by atoms with Crippen molar-refractivity contribution in [1.82, 2.24) is 0 Å². The molecule has 4 heteroatoms. The van der Waals surface area contributed by atoms with Crippen LogP contribution < -0.4 is 0 Å². The Hall–Kier alpha value is -0.870. The topological polar surface area (TPSA) is 46.5 Å². The van der Waals surface area contributed by atoms with Crippen molar-refractivity contribution in [2.45, 2.75) is 38.9 Å². The van der Waals surface area contributed by atoms with Crippen molar-refractivity contribution in [3.63, 3.8) is 0 Å². The van der Waals surface area contributed by atoms with Crippen molar-refractivity contribution in [3.8, 4) is 0 Å². The summed E-state index contributed by atoms with van der Waals surface area (Å²) in [5.41, 5.74) is -0.494. The fourth-order valence-electron chi connectivity index (χ4n) is 1.12. The molecule has 0 aromatic carbocycles. The lowest BCUT2D eigenvalue weighted by Gasteiger charge is -2.20. The summed E-state index contributed by atoms with van der Waals surface area (Å²) in [6.07, 6.45) is -0.738. The standard InChI is InChI=1S/C11H16O3S/c1-11(2,3)14-10(13)7-8(12)9-5-4-6-15-9/h4-6,8,12H,7H2,1-3H3/t8-/m1/s1. The van der Waals surface area contributed by atoms with Crippen molar-refractivity contribution >= 4 is 17.3 Å². The van der Waals surface area contributed by atoms with E-state index in [0.29, 0.717) is 0 Å². The van der Waals surface area contributed by atoms with Crippen molar-refractivity contribution < 1.29 is 14.6 Å². The molecule has 1 aromatic heterocycles. The Bertz CT molecular complexity index is 311. The van der Waals surface area contributed by atoms with Crippen LogP contribution in [0.4, 0.5) is 0 Å². The maximum atomic E-state index is 11.4. The number of carbonyl (C=O) groups is 1. The van der Waals surface area contributed by atoms with Crippen LogP contribution in [0.1, 0.15) is 38.2 Å². The van der Waals surface area contributed by atoms with Crippen molar-refractivity contribution in [2.24, 2.45) is 0 Å². The van der Waals surface area contributed by atoms with Crippen LogP contribution in [0.3, 0.4) is 0 Å². The minimum atomic E-state index is -0.750. The molecule has 0 saturated carbocycles. The zero-order valence-electron chi connectivity index (χ0n) is 9.19. The SMILES string of the molecule is CC(C)(C)OC(=O)C[C@@H](O)c1cccs1. The molecular formula is C11H16O3S. The van der Waals surface area contributed by atoms with E-state index >= 15 is 0 Å². The highest BCUT2D eigenvalue weighted by Gasteiger charge is 2.20. The minimum absolute atomic E-state index is 0.0117. The molecule has 0 unspecified atom stereocenters. The Morgan fingerprint density at radius 2 is 2.27 bits per heavy atom. The van der Waals surface area contributed by atoms with Gasteiger partial charge in [-0.25, -0.2) is 0 Å². The van der Waals surface area contributed by atoms with Gasteiger partial charge in [0.25, 0.3) is 0 Å². The van der Waals surface area contributed by atoms with Crippen LogP contribution in [-0.4, -0.2) is 16.7 Å². The molecule has 0 saturated heterocycles. The van der Waals surface area contributed by atoms with E-state index in [1.165, 1.54) is 11.3 Å². The molecule has 0 aliphatic rings. The Balaban J connectivity index is 2.45. The number of carbonyl (C=O) groups excluding carboxylic acids is 1. The van der Waals surface area contributed by atoms with Crippen molar-refractivity contribution in [2.75, 3.05) is 0 Å². The van der Waals surface area contributed by atoms with Crippen LogP contribution in [0.5, 0.6) is 0 Å². The Labute approximate surface area is 93.7 Å². The molecule has 0 bridgehead atoms. The molecular weight excluding hydrogens is 212 g/mol. The minimum Gasteiger partial charge on any atom is -0.460 e. The predicted octanol–water partition coefficient (Wildman–Crippen LogP) is 2.51. The Kier molecular flexibility index (Phi) is 3.88. The lowest BCUT2D eigenvalue weighted by Crippen LogP contribution is -2.24. The quantitative estimate of drug-likeness (QED) is 0.809. The smallest absolute Gasteiger partial charge is 0.309 e. The second-order valence-corrected chi connectivity index (χ2v) is 5.30. The van der Waals surface area contributed by atoms with Crippen LogP contribution in [-0.2, 0) is 9.53 Å². The van der Waals surface area contributed by atoms with Gasteiger partial charge in [0.15, 0.2) is 0 Å². The lowest BCUT2D eigenvalue weighted by atomic mass is 10.2. The highest BCUT2D eigenvalue weighted by Crippen LogP contribution is 2.22. The first kappa shape index (κ1) is 12.2. The number of hydrogen-bond donors (Lipinski definition) is 1. The van der Waals surface area contributed by atoms with Gasteiger partial charge in [-0.2, -0.15) is 0 Å². The van der Waals surface area contributed by atoms with E-state index in [1.54, 1.807) is 6.07 Å². The fourth-order valence-corrected chi connectivity index (χ4v) is 1.83. The van der Waals surface area contributed by atoms with Gasteiger partial charge >= 0.3 is 5.97 Å². The van der Waals surface area contributed by atoms with E-state index in [4.69, 9.17) is 4.74 Å². The summed E-state index contributed by atoms with van der Waals surface area (Å²) >= 11 is 1.43. The fraction of sp³-hybridized carbons (Fsp3) is 0.545. The molecule has 1 aromatic rings. The summed E-state index contributed by atoms with van der Waals surface area (Å²) in [5, 5.41) is 11.6. The average molecular weight is 228 g/mol. The maximum Gasteiger partial charge on any atom is 0.309 e. The number of hydrogen-bond acceptors (Lipinski definition) is 4. The first-order chi connectivity index (χ1) is 6.88. The van der Waals surface area contributed by atoms with Gasteiger partial charge in [0, 0.05) is 4.88 Å². The molecule has 15 heavy (non-hydrogen) atoms. The number of thiophene rings is 1. The maximum absolute atomic E-state index is 11.4. The van der Waals surface area contributed by atoms with E-state index in [-0.39, 0.29) is 12.4 Å². The van der Waals surface area contributed by atoms with E-state index in [9.17, 15) is 9.90 Å². The summed E-state index contributed by atoms with van der Waals surface area (Å²) in [6, 6.07) is 3.65. The largest absolute Gasteiger partial charge is 0.460 e. The predicted molar refractivity (Wildman–Crippen MR) is 59.7 cm³/mol. The molecule has 3 nitrogen and oxygen atoms in total. The average Bonchev–Trinajstić information content (AvgIpc) is 2.50. The van der Waals surface area contributed by atoms with Gasteiger partial charge < -0.3 is 9.84 Å². The normalized spacial score (nSPS) is 13.6. The molecule has 1 rings (SSSR count). The molecule has 0 radical (unpaired) electrons. The summed E-state index contributed by atoms with van der Waals surface area (Å²) in [5.74, 6) is -0.372. The van der Waals surface area contributed by atoms with Gasteiger partial charge in [0.05, 0.1) is 12.5 Å². The third-order valence-electron chi connectivity index (χ3n) is 1.65. The van der Waals surface area contributed by atoms with Crippen LogP contribution in [0.25, 0.3) is 0 Å². The second kappa shape index (κ2) is 4.77. The third kappa shape index (κ3) is 4.44. The van der Waals surface area contributed by atoms with Crippen LogP contribution in [0, 0.1) is 0 Å². The molecule has 0 spiro atoms. The summed E-state index contributed by atoms with van der Waals surface area (Å²) < 4.78 is 5.11. The van der Waals surface area contributed by atoms with Gasteiger partial charge in [-0.15, -0.1) is 11.3 Å². The number of aliphatic hydroxyl groups excluding tert-OH is 1. The monoisotopic (exact) mass is 228 g/mol. The third-order valence-corrected chi connectivity index (χ3v) is 2.63. The van der Waals surface area contributed by atoms with Crippen LogP contribution >= 0.6 is 11.3 Å². The second-order valence-electron chi connectivity index (χ2n) is 4.32. The van der Waals surface area contributed by atoms with Gasteiger partial charge in [0.1, 0.15) is 5.60 Å². The Morgan fingerprint density at radius 3 is 2.73 bits per heavy atom. The van der Waals surface area contributed by atoms with E-state index in [1.807, 2.05) is 32.2 Å².